The van der Waals surface area contributed by atoms with E-state index in [4.69, 9.17) is 0 Å². The van der Waals surface area contributed by atoms with Gasteiger partial charge in [0.25, 0.3) is 10.0 Å². The lowest BCUT2D eigenvalue weighted by Gasteiger charge is -2.29. The molecule has 2 aromatic rings. The molecule has 5 nitrogen and oxygen atoms in total. The number of rotatable bonds is 5. The van der Waals surface area contributed by atoms with E-state index in [2.05, 4.69) is 4.72 Å². The molecule has 0 fully saturated rings. The third-order valence-corrected chi connectivity index (χ3v) is 6.58. The third kappa shape index (κ3) is 3.86. The Balaban J connectivity index is 1.93. The van der Waals surface area contributed by atoms with E-state index in [-0.39, 0.29) is 5.91 Å². The Morgan fingerprint density at radius 2 is 1.70 bits per heavy atom. The Morgan fingerprint density at radius 3 is 2.41 bits per heavy atom. The zero-order valence-electron chi connectivity index (χ0n) is 16.3. The molecule has 144 valence electrons. The molecular formula is C21H26N2O3S. The lowest BCUT2D eigenvalue weighted by atomic mass is 10.0. The second kappa shape index (κ2) is 7.35. The number of hydrogen-bond acceptors (Lipinski definition) is 3. The van der Waals surface area contributed by atoms with E-state index < -0.39 is 10.0 Å². The van der Waals surface area contributed by atoms with Gasteiger partial charge in [-0.3, -0.25) is 9.52 Å². The lowest BCUT2D eigenvalue weighted by molar-refractivity contribution is -0.118. The Hall–Kier alpha value is -2.34. The first-order valence-electron chi connectivity index (χ1n) is 9.27. The summed E-state index contributed by atoms with van der Waals surface area (Å²) in [6.45, 7) is 8.40. The number of carbonyl (C=O) groups excluding carboxylic acids is 1. The summed E-state index contributed by atoms with van der Waals surface area (Å²) in [5.41, 5.74) is 5.15. The minimum absolute atomic E-state index is 0.128. The highest BCUT2D eigenvalue weighted by Crippen LogP contribution is 2.31. The molecule has 0 aliphatic carbocycles. The van der Waals surface area contributed by atoms with Crippen molar-refractivity contribution >= 4 is 27.3 Å². The molecule has 1 N–H and O–H groups in total. The highest BCUT2D eigenvalue weighted by molar-refractivity contribution is 7.92. The average molecular weight is 387 g/mol. The van der Waals surface area contributed by atoms with Crippen LogP contribution in [0.2, 0.25) is 0 Å². The number of carbonyl (C=O) groups is 1. The first-order valence-corrected chi connectivity index (χ1v) is 10.7. The molecule has 1 heterocycles. The standard InChI is InChI=1S/C21H26N2O3S/c1-5-10-23-19-8-7-18(13-17(19)6-9-21(23)24)22-27(25,26)20-12-15(3)14(2)11-16(20)4/h7-8,11-13,22H,5-6,9-10H2,1-4H3. The zero-order chi connectivity index (χ0) is 19.8. The molecule has 0 unspecified atom stereocenters. The van der Waals surface area contributed by atoms with Gasteiger partial charge in [-0.15, -0.1) is 0 Å². The van der Waals surface area contributed by atoms with Crippen LogP contribution in [0.25, 0.3) is 0 Å². The van der Waals surface area contributed by atoms with E-state index in [9.17, 15) is 13.2 Å². The fourth-order valence-electron chi connectivity index (χ4n) is 3.53. The molecule has 0 spiro atoms. The Bertz CT molecular complexity index is 997. The second-order valence-electron chi connectivity index (χ2n) is 7.20. The fourth-order valence-corrected chi connectivity index (χ4v) is 4.89. The summed E-state index contributed by atoms with van der Waals surface area (Å²) >= 11 is 0. The first kappa shape index (κ1) is 19.4. The van der Waals surface area contributed by atoms with Gasteiger partial charge in [-0.05, 0) is 80.1 Å². The van der Waals surface area contributed by atoms with Gasteiger partial charge in [0.2, 0.25) is 5.91 Å². The maximum Gasteiger partial charge on any atom is 0.262 e. The van der Waals surface area contributed by atoms with Crippen LogP contribution in [-0.4, -0.2) is 20.9 Å². The van der Waals surface area contributed by atoms with Crippen LogP contribution in [0.1, 0.15) is 42.0 Å². The molecular weight excluding hydrogens is 360 g/mol. The lowest BCUT2D eigenvalue weighted by Crippen LogP contribution is -2.35. The predicted octanol–water partition coefficient (Wildman–Crippen LogP) is 4.10. The highest BCUT2D eigenvalue weighted by Gasteiger charge is 2.24. The van der Waals surface area contributed by atoms with Gasteiger partial charge in [-0.1, -0.05) is 13.0 Å². The minimum Gasteiger partial charge on any atom is -0.312 e. The quantitative estimate of drug-likeness (QED) is 0.841. The number of amides is 1. The topological polar surface area (TPSA) is 66.5 Å². The smallest absolute Gasteiger partial charge is 0.262 e. The van der Waals surface area contributed by atoms with Crippen LogP contribution in [0, 0.1) is 20.8 Å². The fraction of sp³-hybridized carbons (Fsp3) is 0.381. The van der Waals surface area contributed by atoms with Crippen LogP contribution in [-0.2, 0) is 21.2 Å². The van der Waals surface area contributed by atoms with Crippen LogP contribution in [0.15, 0.2) is 35.2 Å². The van der Waals surface area contributed by atoms with Gasteiger partial charge in [0.05, 0.1) is 4.90 Å². The van der Waals surface area contributed by atoms with Crippen molar-refractivity contribution in [1.29, 1.82) is 0 Å². The van der Waals surface area contributed by atoms with Crippen LogP contribution in [0.4, 0.5) is 11.4 Å². The van der Waals surface area contributed by atoms with Gasteiger partial charge in [-0.25, -0.2) is 8.42 Å². The maximum atomic E-state index is 12.9. The van der Waals surface area contributed by atoms with Crippen molar-refractivity contribution in [3.63, 3.8) is 0 Å². The maximum absolute atomic E-state index is 12.9. The molecule has 0 saturated heterocycles. The number of aryl methyl sites for hydroxylation is 4. The van der Waals surface area contributed by atoms with Crippen molar-refractivity contribution in [2.45, 2.75) is 51.9 Å². The molecule has 27 heavy (non-hydrogen) atoms. The minimum atomic E-state index is -3.67. The van der Waals surface area contributed by atoms with Crippen molar-refractivity contribution in [2.24, 2.45) is 0 Å². The number of nitrogens with one attached hydrogen (secondary N) is 1. The number of sulfonamides is 1. The van der Waals surface area contributed by atoms with E-state index in [0.29, 0.717) is 30.0 Å². The van der Waals surface area contributed by atoms with E-state index in [1.165, 1.54) is 0 Å². The number of benzene rings is 2. The predicted molar refractivity (Wildman–Crippen MR) is 109 cm³/mol. The summed E-state index contributed by atoms with van der Waals surface area (Å²) in [4.78, 5) is 14.3. The molecule has 3 rings (SSSR count). The van der Waals surface area contributed by atoms with Gasteiger partial charge in [0.15, 0.2) is 0 Å². The largest absolute Gasteiger partial charge is 0.312 e. The van der Waals surface area contributed by atoms with Crippen molar-refractivity contribution in [1.82, 2.24) is 0 Å². The van der Waals surface area contributed by atoms with Crippen LogP contribution in [0.5, 0.6) is 0 Å². The van der Waals surface area contributed by atoms with Gasteiger partial charge in [-0.2, -0.15) is 0 Å². The van der Waals surface area contributed by atoms with E-state index in [1.54, 1.807) is 17.0 Å². The van der Waals surface area contributed by atoms with Crippen LogP contribution >= 0.6 is 0 Å². The summed E-state index contributed by atoms with van der Waals surface area (Å²) in [6, 6.07) is 9.03. The normalized spacial score (nSPS) is 14.2. The molecule has 0 saturated carbocycles. The van der Waals surface area contributed by atoms with E-state index in [1.807, 2.05) is 45.9 Å². The van der Waals surface area contributed by atoms with Crippen molar-refractivity contribution in [3.05, 3.63) is 52.6 Å². The number of nitrogens with zero attached hydrogens (tertiary/aromatic N) is 1. The Kier molecular flexibility index (Phi) is 5.29. The summed E-state index contributed by atoms with van der Waals surface area (Å²) in [5.74, 6) is 0.128. The zero-order valence-corrected chi connectivity index (χ0v) is 17.1. The van der Waals surface area contributed by atoms with Crippen LogP contribution < -0.4 is 9.62 Å². The molecule has 0 atom stereocenters. The molecule has 0 bridgehead atoms. The molecule has 1 amide bonds. The first-order chi connectivity index (χ1) is 12.7. The van der Waals surface area contributed by atoms with E-state index in [0.717, 1.165) is 34.4 Å². The molecule has 2 aromatic carbocycles. The van der Waals surface area contributed by atoms with Gasteiger partial charge >= 0.3 is 0 Å². The second-order valence-corrected chi connectivity index (χ2v) is 8.85. The van der Waals surface area contributed by atoms with Crippen molar-refractivity contribution < 1.29 is 13.2 Å². The van der Waals surface area contributed by atoms with Crippen LogP contribution in [0.3, 0.4) is 0 Å². The van der Waals surface area contributed by atoms with Gasteiger partial charge in [0.1, 0.15) is 0 Å². The Labute approximate surface area is 161 Å². The molecule has 1 aliphatic heterocycles. The monoisotopic (exact) mass is 386 g/mol. The number of anilines is 2. The molecule has 6 heteroatoms. The molecule has 0 radical (unpaired) electrons. The number of hydrogen-bond donors (Lipinski definition) is 1. The molecule has 1 aliphatic rings. The summed E-state index contributed by atoms with van der Waals surface area (Å²) < 4.78 is 28.5. The Morgan fingerprint density at radius 1 is 1.00 bits per heavy atom. The average Bonchev–Trinajstić information content (AvgIpc) is 2.60. The van der Waals surface area contributed by atoms with Crippen molar-refractivity contribution in [2.75, 3.05) is 16.2 Å². The highest BCUT2D eigenvalue weighted by atomic mass is 32.2. The summed E-state index contributed by atoms with van der Waals surface area (Å²) in [5, 5.41) is 0. The van der Waals surface area contributed by atoms with Gasteiger partial charge < -0.3 is 4.90 Å². The SMILES string of the molecule is CCCN1C(=O)CCc2cc(NS(=O)(=O)c3cc(C)c(C)cc3C)ccc21. The summed E-state index contributed by atoms with van der Waals surface area (Å²) in [6.07, 6.45) is 1.97. The number of fused-ring (bicyclic) bond motifs is 1. The van der Waals surface area contributed by atoms with E-state index >= 15 is 0 Å². The van der Waals surface area contributed by atoms with Gasteiger partial charge in [0, 0.05) is 24.3 Å². The third-order valence-electron chi connectivity index (χ3n) is 5.06. The molecule has 0 aromatic heterocycles. The summed E-state index contributed by atoms with van der Waals surface area (Å²) in [7, 11) is -3.67. The van der Waals surface area contributed by atoms with Crippen molar-refractivity contribution in [3.8, 4) is 0 Å².